The Morgan fingerprint density at radius 1 is 1.50 bits per heavy atom. The van der Waals surface area contributed by atoms with E-state index >= 15 is 0 Å². The van der Waals surface area contributed by atoms with E-state index in [1.165, 1.54) is 6.42 Å². The summed E-state index contributed by atoms with van der Waals surface area (Å²) in [5, 5.41) is 16.6. The quantitative estimate of drug-likeness (QED) is 0.858. The predicted octanol–water partition coefficient (Wildman–Crippen LogP) is 1.60. The van der Waals surface area contributed by atoms with Crippen LogP contribution in [0.15, 0.2) is 4.42 Å². The second kappa shape index (κ2) is 5.95. The normalized spacial score (nSPS) is 21.1. The minimum Gasteiger partial charge on any atom is -0.481 e. The molecule has 1 aromatic heterocycles. The van der Waals surface area contributed by atoms with E-state index in [4.69, 9.17) is 9.52 Å². The van der Waals surface area contributed by atoms with Crippen LogP contribution >= 0.6 is 0 Å². The number of aromatic nitrogens is 2. The van der Waals surface area contributed by atoms with Crippen molar-refractivity contribution in [2.45, 2.75) is 51.6 Å². The molecule has 1 aliphatic heterocycles. The highest BCUT2D eigenvalue weighted by Crippen LogP contribution is 2.22. The van der Waals surface area contributed by atoms with Gasteiger partial charge in [-0.25, -0.2) is 0 Å². The lowest BCUT2D eigenvalue weighted by Gasteiger charge is -2.34. The molecule has 0 bridgehead atoms. The number of carboxylic acid groups (broad SMARTS) is 1. The number of carbonyl (C=O) groups is 1. The molecule has 100 valence electrons. The number of rotatable bonds is 5. The smallest absolute Gasteiger partial charge is 0.303 e. The molecule has 0 aromatic carbocycles. The number of aliphatic carboxylic acids is 1. The van der Waals surface area contributed by atoms with E-state index in [0.717, 1.165) is 19.4 Å². The van der Waals surface area contributed by atoms with Crippen molar-refractivity contribution >= 4 is 5.97 Å². The molecule has 1 N–H and O–H groups in total. The summed E-state index contributed by atoms with van der Waals surface area (Å²) in [5.41, 5.74) is 0. The lowest BCUT2D eigenvalue weighted by Crippen LogP contribution is -2.39. The number of likely N-dealkylation sites (tertiary alicyclic amines) is 1. The third kappa shape index (κ3) is 3.53. The van der Waals surface area contributed by atoms with Gasteiger partial charge in [-0.3, -0.25) is 9.69 Å². The van der Waals surface area contributed by atoms with Crippen LogP contribution in [0.25, 0.3) is 0 Å². The van der Waals surface area contributed by atoms with Gasteiger partial charge in [-0.15, -0.1) is 10.2 Å². The zero-order valence-corrected chi connectivity index (χ0v) is 10.6. The van der Waals surface area contributed by atoms with Crippen molar-refractivity contribution in [3.05, 3.63) is 11.8 Å². The molecule has 6 nitrogen and oxygen atoms in total. The third-order valence-corrected chi connectivity index (χ3v) is 3.35. The van der Waals surface area contributed by atoms with Crippen molar-refractivity contribution in [2.75, 3.05) is 6.54 Å². The Balaban J connectivity index is 1.92. The highest BCUT2D eigenvalue weighted by molar-refractivity contribution is 5.66. The van der Waals surface area contributed by atoms with Crippen LogP contribution in [0.4, 0.5) is 0 Å². The molecule has 1 aliphatic rings. The summed E-state index contributed by atoms with van der Waals surface area (Å²) in [7, 11) is 0. The van der Waals surface area contributed by atoms with Crippen molar-refractivity contribution in [3.63, 3.8) is 0 Å². The van der Waals surface area contributed by atoms with Gasteiger partial charge in [-0.1, -0.05) is 6.42 Å². The van der Waals surface area contributed by atoms with Gasteiger partial charge in [0, 0.05) is 19.4 Å². The molecule has 2 rings (SSSR count). The highest BCUT2D eigenvalue weighted by Gasteiger charge is 2.24. The molecule has 1 fully saturated rings. The number of aryl methyl sites for hydroxylation is 1. The van der Waals surface area contributed by atoms with Crippen LogP contribution in [-0.4, -0.2) is 38.8 Å². The van der Waals surface area contributed by atoms with Gasteiger partial charge in [0.25, 0.3) is 0 Å². The number of hydrogen-bond acceptors (Lipinski definition) is 5. The topological polar surface area (TPSA) is 79.5 Å². The Kier molecular flexibility index (Phi) is 4.30. The number of carboxylic acids is 1. The van der Waals surface area contributed by atoms with Crippen LogP contribution in [0.5, 0.6) is 0 Å². The van der Waals surface area contributed by atoms with Crippen molar-refractivity contribution in [1.29, 1.82) is 0 Å². The van der Waals surface area contributed by atoms with Crippen molar-refractivity contribution < 1.29 is 14.3 Å². The van der Waals surface area contributed by atoms with Crippen molar-refractivity contribution in [3.8, 4) is 0 Å². The van der Waals surface area contributed by atoms with E-state index in [2.05, 4.69) is 15.1 Å². The van der Waals surface area contributed by atoms with Crippen LogP contribution < -0.4 is 0 Å². The van der Waals surface area contributed by atoms with Crippen LogP contribution in [0.2, 0.25) is 0 Å². The molecular weight excluding hydrogens is 234 g/mol. The Hall–Kier alpha value is -1.43. The first kappa shape index (κ1) is 13.0. The highest BCUT2D eigenvalue weighted by atomic mass is 16.4. The maximum atomic E-state index is 10.7. The Labute approximate surface area is 106 Å². The largest absolute Gasteiger partial charge is 0.481 e. The monoisotopic (exact) mass is 253 g/mol. The standard InChI is InChI=1S/C12H19N3O3/c1-9-13-14-11(18-9)8-15-7-3-2-4-10(15)5-6-12(16)17/h10H,2-8H2,1H3,(H,16,17). The lowest BCUT2D eigenvalue weighted by atomic mass is 9.98. The van der Waals surface area contributed by atoms with Gasteiger partial charge in [-0.2, -0.15) is 0 Å². The number of piperidine rings is 1. The summed E-state index contributed by atoms with van der Waals surface area (Å²) in [4.78, 5) is 12.9. The molecule has 1 aromatic rings. The molecule has 2 heterocycles. The molecule has 6 heteroatoms. The van der Waals surface area contributed by atoms with E-state index in [-0.39, 0.29) is 6.42 Å². The maximum absolute atomic E-state index is 10.7. The molecule has 0 radical (unpaired) electrons. The van der Waals surface area contributed by atoms with E-state index in [9.17, 15) is 4.79 Å². The second-order valence-corrected chi connectivity index (χ2v) is 4.77. The first-order valence-electron chi connectivity index (χ1n) is 6.40. The molecule has 0 amide bonds. The molecule has 18 heavy (non-hydrogen) atoms. The minimum atomic E-state index is -0.728. The van der Waals surface area contributed by atoms with E-state index in [1.807, 2.05) is 0 Å². The minimum absolute atomic E-state index is 0.226. The van der Waals surface area contributed by atoms with Gasteiger partial charge in [-0.05, 0) is 25.8 Å². The first-order valence-corrected chi connectivity index (χ1v) is 6.40. The van der Waals surface area contributed by atoms with Crippen LogP contribution in [0, 0.1) is 6.92 Å². The SMILES string of the molecule is Cc1nnc(CN2CCCCC2CCC(=O)O)o1. The van der Waals surface area contributed by atoms with Crippen molar-refractivity contribution in [2.24, 2.45) is 0 Å². The average Bonchev–Trinajstić information content (AvgIpc) is 2.73. The van der Waals surface area contributed by atoms with E-state index in [1.54, 1.807) is 6.92 Å². The third-order valence-electron chi connectivity index (χ3n) is 3.35. The summed E-state index contributed by atoms with van der Waals surface area (Å²) in [6, 6.07) is 0.321. The second-order valence-electron chi connectivity index (χ2n) is 4.77. The van der Waals surface area contributed by atoms with E-state index < -0.39 is 5.97 Å². The summed E-state index contributed by atoms with van der Waals surface area (Å²) >= 11 is 0. The van der Waals surface area contributed by atoms with Gasteiger partial charge in [0.2, 0.25) is 11.8 Å². The number of nitrogens with zero attached hydrogens (tertiary/aromatic N) is 3. The Morgan fingerprint density at radius 2 is 2.33 bits per heavy atom. The first-order chi connectivity index (χ1) is 8.65. The van der Waals surface area contributed by atoms with Gasteiger partial charge in [0.1, 0.15) is 0 Å². The molecule has 0 aliphatic carbocycles. The van der Waals surface area contributed by atoms with Gasteiger partial charge >= 0.3 is 5.97 Å². The number of hydrogen-bond donors (Lipinski definition) is 1. The fourth-order valence-electron chi connectivity index (χ4n) is 2.46. The van der Waals surface area contributed by atoms with Gasteiger partial charge in [0.15, 0.2) is 0 Å². The molecule has 1 unspecified atom stereocenters. The zero-order valence-electron chi connectivity index (χ0n) is 10.6. The molecule has 0 spiro atoms. The van der Waals surface area contributed by atoms with Crippen LogP contribution in [-0.2, 0) is 11.3 Å². The van der Waals surface area contributed by atoms with Gasteiger partial charge in [0.05, 0.1) is 6.54 Å². The maximum Gasteiger partial charge on any atom is 0.303 e. The predicted molar refractivity (Wildman–Crippen MR) is 64.0 cm³/mol. The molecular formula is C12H19N3O3. The lowest BCUT2D eigenvalue weighted by molar-refractivity contribution is -0.137. The van der Waals surface area contributed by atoms with Crippen molar-refractivity contribution in [1.82, 2.24) is 15.1 Å². The fraction of sp³-hybridized carbons (Fsp3) is 0.750. The Morgan fingerprint density at radius 3 is 3.00 bits per heavy atom. The summed E-state index contributed by atoms with van der Waals surface area (Å²) in [5.74, 6) is 0.466. The summed E-state index contributed by atoms with van der Waals surface area (Å²) < 4.78 is 5.38. The zero-order chi connectivity index (χ0) is 13.0. The fourth-order valence-corrected chi connectivity index (χ4v) is 2.46. The van der Waals surface area contributed by atoms with Crippen LogP contribution in [0.3, 0.4) is 0 Å². The van der Waals surface area contributed by atoms with E-state index in [0.29, 0.717) is 30.8 Å². The molecule has 1 atom stereocenters. The average molecular weight is 253 g/mol. The molecule has 1 saturated heterocycles. The summed E-state index contributed by atoms with van der Waals surface area (Å²) in [6.45, 7) is 3.38. The van der Waals surface area contributed by atoms with Gasteiger partial charge < -0.3 is 9.52 Å². The molecule has 0 saturated carbocycles. The summed E-state index contributed by atoms with van der Waals surface area (Å²) in [6.07, 6.45) is 4.30. The Bertz CT molecular complexity index is 405. The van der Waals surface area contributed by atoms with Crippen LogP contribution in [0.1, 0.15) is 43.9 Å².